The van der Waals surface area contributed by atoms with Gasteiger partial charge in [0.25, 0.3) is 5.91 Å². The zero-order chi connectivity index (χ0) is 15.2. The second-order valence-corrected chi connectivity index (χ2v) is 4.14. The van der Waals surface area contributed by atoms with Crippen LogP contribution in [0.1, 0.15) is 26.3 Å². The highest BCUT2D eigenvalue weighted by atomic mass is 16.4. The zero-order valence-electron chi connectivity index (χ0n) is 10.9. The maximum atomic E-state index is 11.8. The van der Waals surface area contributed by atoms with Gasteiger partial charge in [-0.15, -0.1) is 0 Å². The standard InChI is InChI=1S/C15H12N2O4/c18-12-6-3-5-10(8-12)14(19)17-16-9-11-4-1-2-7-13(11)15(20)21/h1-9,18H,(H,17,19)(H,20,21)/b16-9+. The molecule has 21 heavy (non-hydrogen) atoms. The lowest BCUT2D eigenvalue weighted by atomic mass is 10.1. The Kier molecular flexibility index (Phi) is 4.30. The summed E-state index contributed by atoms with van der Waals surface area (Å²) in [6.07, 6.45) is 1.25. The lowest BCUT2D eigenvalue weighted by Gasteiger charge is -2.01. The topological polar surface area (TPSA) is 99.0 Å². The number of hydrazone groups is 1. The summed E-state index contributed by atoms with van der Waals surface area (Å²) in [6.45, 7) is 0. The molecule has 2 aromatic rings. The second-order valence-electron chi connectivity index (χ2n) is 4.14. The number of aromatic carboxylic acids is 1. The molecule has 0 fully saturated rings. The molecule has 2 rings (SSSR count). The number of rotatable bonds is 4. The number of nitrogens with one attached hydrogen (secondary N) is 1. The Morgan fingerprint density at radius 1 is 1.10 bits per heavy atom. The first kappa shape index (κ1) is 14.3. The van der Waals surface area contributed by atoms with E-state index in [9.17, 15) is 14.7 Å². The number of nitrogens with zero attached hydrogens (tertiary/aromatic N) is 1. The number of carboxylic acids is 1. The van der Waals surface area contributed by atoms with Crippen molar-refractivity contribution in [3.05, 3.63) is 65.2 Å². The van der Waals surface area contributed by atoms with Crippen LogP contribution in [0.2, 0.25) is 0 Å². The van der Waals surface area contributed by atoms with Gasteiger partial charge >= 0.3 is 5.97 Å². The molecular weight excluding hydrogens is 272 g/mol. The molecule has 0 aliphatic carbocycles. The van der Waals surface area contributed by atoms with Crippen molar-refractivity contribution in [2.24, 2.45) is 5.10 Å². The molecule has 1 amide bonds. The van der Waals surface area contributed by atoms with Crippen LogP contribution in [-0.4, -0.2) is 28.3 Å². The number of hydrogen-bond acceptors (Lipinski definition) is 4. The van der Waals surface area contributed by atoms with Gasteiger partial charge in [-0.2, -0.15) is 5.10 Å². The number of benzene rings is 2. The van der Waals surface area contributed by atoms with E-state index in [0.29, 0.717) is 5.56 Å². The van der Waals surface area contributed by atoms with Gasteiger partial charge in [0.2, 0.25) is 0 Å². The van der Waals surface area contributed by atoms with Crippen molar-refractivity contribution in [1.82, 2.24) is 5.43 Å². The average Bonchev–Trinajstić information content (AvgIpc) is 2.47. The third-order valence-corrected chi connectivity index (χ3v) is 2.67. The molecule has 0 heterocycles. The van der Waals surface area contributed by atoms with E-state index in [1.54, 1.807) is 18.2 Å². The van der Waals surface area contributed by atoms with Gasteiger partial charge < -0.3 is 10.2 Å². The first-order chi connectivity index (χ1) is 10.1. The number of carbonyl (C=O) groups excluding carboxylic acids is 1. The molecule has 3 N–H and O–H groups in total. The van der Waals surface area contributed by atoms with Crippen LogP contribution < -0.4 is 5.43 Å². The number of hydrogen-bond donors (Lipinski definition) is 3. The Morgan fingerprint density at radius 3 is 2.57 bits per heavy atom. The van der Waals surface area contributed by atoms with E-state index < -0.39 is 11.9 Å². The minimum absolute atomic E-state index is 0.0251. The highest BCUT2D eigenvalue weighted by Gasteiger charge is 2.07. The predicted molar refractivity (Wildman–Crippen MR) is 76.6 cm³/mol. The van der Waals surface area contributed by atoms with Crippen molar-refractivity contribution in [3.63, 3.8) is 0 Å². The molecule has 0 aliphatic rings. The first-order valence-corrected chi connectivity index (χ1v) is 6.02. The second kappa shape index (κ2) is 6.33. The van der Waals surface area contributed by atoms with Crippen LogP contribution in [0.5, 0.6) is 5.75 Å². The van der Waals surface area contributed by atoms with E-state index in [0.717, 1.165) is 0 Å². The summed E-state index contributed by atoms with van der Waals surface area (Å²) < 4.78 is 0. The van der Waals surface area contributed by atoms with Crippen LogP contribution in [-0.2, 0) is 0 Å². The Hall–Kier alpha value is -3.15. The van der Waals surface area contributed by atoms with Crippen LogP contribution in [0.4, 0.5) is 0 Å². The van der Waals surface area contributed by atoms with Gasteiger partial charge in [-0.1, -0.05) is 24.3 Å². The van der Waals surface area contributed by atoms with E-state index in [2.05, 4.69) is 10.5 Å². The molecule has 6 heteroatoms. The summed E-state index contributed by atoms with van der Waals surface area (Å²) in [5, 5.41) is 22.0. The molecule has 0 aliphatic heterocycles. The molecule has 0 aromatic heterocycles. The average molecular weight is 284 g/mol. The molecule has 106 valence electrons. The maximum absolute atomic E-state index is 11.8. The van der Waals surface area contributed by atoms with E-state index in [1.165, 1.54) is 36.5 Å². The highest BCUT2D eigenvalue weighted by Crippen LogP contribution is 2.10. The van der Waals surface area contributed by atoms with E-state index in [4.69, 9.17) is 5.11 Å². The number of amides is 1. The van der Waals surface area contributed by atoms with Crippen LogP contribution in [0.15, 0.2) is 53.6 Å². The Balaban J connectivity index is 2.09. The summed E-state index contributed by atoms with van der Waals surface area (Å²) in [5.74, 6) is -1.60. The minimum Gasteiger partial charge on any atom is -0.508 e. The fourth-order valence-corrected chi connectivity index (χ4v) is 1.68. The van der Waals surface area contributed by atoms with Crippen molar-refractivity contribution in [2.45, 2.75) is 0 Å². The lowest BCUT2D eigenvalue weighted by Crippen LogP contribution is -2.17. The first-order valence-electron chi connectivity index (χ1n) is 6.02. The summed E-state index contributed by atoms with van der Waals surface area (Å²) in [7, 11) is 0. The van der Waals surface area contributed by atoms with Gasteiger partial charge in [-0.25, -0.2) is 10.2 Å². The molecule has 0 spiro atoms. The van der Waals surface area contributed by atoms with Gasteiger partial charge in [-0.05, 0) is 24.3 Å². The Morgan fingerprint density at radius 2 is 1.86 bits per heavy atom. The minimum atomic E-state index is -1.07. The third kappa shape index (κ3) is 3.66. The van der Waals surface area contributed by atoms with Gasteiger partial charge in [0.15, 0.2) is 0 Å². The summed E-state index contributed by atoms with van der Waals surface area (Å²) in [6, 6.07) is 12.1. The highest BCUT2D eigenvalue weighted by molar-refractivity contribution is 5.99. The molecule has 2 aromatic carbocycles. The fourth-order valence-electron chi connectivity index (χ4n) is 1.68. The fraction of sp³-hybridized carbons (Fsp3) is 0. The molecule has 0 radical (unpaired) electrons. The predicted octanol–water partition coefficient (Wildman–Crippen LogP) is 1.85. The number of carboxylic acid groups (broad SMARTS) is 1. The van der Waals surface area contributed by atoms with Gasteiger partial charge in [-0.3, -0.25) is 4.79 Å². The number of phenolic OH excluding ortho intramolecular Hbond substituents is 1. The molecule has 0 bridgehead atoms. The zero-order valence-corrected chi connectivity index (χ0v) is 10.9. The SMILES string of the molecule is O=C(N/N=C/c1ccccc1C(=O)O)c1cccc(O)c1. The van der Waals surface area contributed by atoms with Gasteiger partial charge in [0.1, 0.15) is 5.75 Å². The Labute approximate surface area is 120 Å². The van der Waals surface area contributed by atoms with E-state index >= 15 is 0 Å². The number of carbonyl (C=O) groups is 2. The van der Waals surface area contributed by atoms with Crippen LogP contribution in [0.3, 0.4) is 0 Å². The lowest BCUT2D eigenvalue weighted by molar-refractivity contribution is 0.0696. The molecular formula is C15H12N2O4. The van der Waals surface area contributed by atoms with Crippen LogP contribution in [0, 0.1) is 0 Å². The molecule has 0 saturated carbocycles. The van der Waals surface area contributed by atoms with Crippen molar-refractivity contribution < 1.29 is 19.8 Å². The monoisotopic (exact) mass is 284 g/mol. The normalized spacial score (nSPS) is 10.5. The smallest absolute Gasteiger partial charge is 0.336 e. The largest absolute Gasteiger partial charge is 0.508 e. The summed E-state index contributed by atoms with van der Waals surface area (Å²) >= 11 is 0. The van der Waals surface area contributed by atoms with Gasteiger partial charge in [0, 0.05) is 11.1 Å². The van der Waals surface area contributed by atoms with Gasteiger partial charge in [0.05, 0.1) is 11.8 Å². The quantitative estimate of drug-likeness (QED) is 0.589. The summed E-state index contributed by atoms with van der Waals surface area (Å²) in [5.41, 5.74) is 2.98. The van der Waals surface area contributed by atoms with E-state index in [-0.39, 0.29) is 16.9 Å². The van der Waals surface area contributed by atoms with Crippen molar-refractivity contribution >= 4 is 18.1 Å². The molecule has 0 saturated heterocycles. The number of phenols is 1. The van der Waals surface area contributed by atoms with E-state index in [1.807, 2.05) is 0 Å². The molecule has 0 atom stereocenters. The maximum Gasteiger partial charge on any atom is 0.336 e. The molecule has 6 nitrogen and oxygen atoms in total. The molecule has 0 unspecified atom stereocenters. The Bertz CT molecular complexity index is 710. The summed E-state index contributed by atoms with van der Waals surface area (Å²) in [4.78, 5) is 22.8. The van der Waals surface area contributed by atoms with Crippen LogP contribution >= 0.6 is 0 Å². The van der Waals surface area contributed by atoms with Crippen LogP contribution in [0.25, 0.3) is 0 Å². The van der Waals surface area contributed by atoms with Crippen molar-refractivity contribution in [2.75, 3.05) is 0 Å². The number of aromatic hydroxyl groups is 1. The van der Waals surface area contributed by atoms with Crippen molar-refractivity contribution in [1.29, 1.82) is 0 Å². The third-order valence-electron chi connectivity index (χ3n) is 2.67. The van der Waals surface area contributed by atoms with Crippen molar-refractivity contribution in [3.8, 4) is 5.75 Å².